The number of unbranched alkanes of at least 4 members (excludes halogenated alkanes) is 6. The van der Waals surface area contributed by atoms with Gasteiger partial charge >= 0.3 is 0 Å². The fourth-order valence-electron chi connectivity index (χ4n) is 3.38. The van der Waals surface area contributed by atoms with Crippen LogP contribution in [0.15, 0.2) is 24.3 Å². The fourth-order valence-corrected chi connectivity index (χ4v) is 3.38. The van der Waals surface area contributed by atoms with E-state index in [1.54, 1.807) is 0 Å². The zero-order chi connectivity index (χ0) is 18.3. The number of nitrogens with zero attached hydrogens (tertiary/aromatic N) is 1. The van der Waals surface area contributed by atoms with Gasteiger partial charge in [0.05, 0.1) is 13.2 Å². The van der Waals surface area contributed by atoms with Gasteiger partial charge in [-0.05, 0) is 43.7 Å². The maximum Gasteiger partial charge on any atom is 0.0594 e. The third-order valence-electron chi connectivity index (χ3n) is 5.08. The van der Waals surface area contributed by atoms with Gasteiger partial charge in [-0.3, -0.25) is 4.90 Å². The van der Waals surface area contributed by atoms with E-state index in [1.807, 2.05) is 0 Å². The minimum absolute atomic E-state index is 0.890. The third kappa shape index (κ3) is 9.44. The van der Waals surface area contributed by atoms with Gasteiger partial charge in [0.1, 0.15) is 0 Å². The molecule has 26 heavy (non-hydrogen) atoms. The van der Waals surface area contributed by atoms with Crippen LogP contribution in [0.25, 0.3) is 0 Å². The van der Waals surface area contributed by atoms with E-state index in [-0.39, 0.29) is 0 Å². The predicted octanol–water partition coefficient (Wildman–Crippen LogP) is 4.98. The van der Waals surface area contributed by atoms with Gasteiger partial charge < -0.3 is 15.4 Å². The molecule has 4 nitrogen and oxygen atoms in total. The summed E-state index contributed by atoms with van der Waals surface area (Å²) in [5, 5.41) is 7.06. The highest BCUT2D eigenvalue weighted by Crippen LogP contribution is 2.14. The van der Waals surface area contributed by atoms with Crippen molar-refractivity contribution in [2.24, 2.45) is 0 Å². The van der Waals surface area contributed by atoms with Crippen molar-refractivity contribution in [3.63, 3.8) is 0 Å². The summed E-state index contributed by atoms with van der Waals surface area (Å²) in [7, 11) is 0. The van der Waals surface area contributed by atoms with Crippen molar-refractivity contribution < 1.29 is 4.74 Å². The van der Waals surface area contributed by atoms with Gasteiger partial charge in [-0.15, -0.1) is 0 Å². The number of morpholine rings is 1. The predicted molar refractivity (Wildman–Crippen MR) is 113 cm³/mol. The molecule has 0 amide bonds. The Labute approximate surface area is 160 Å². The number of benzene rings is 1. The normalized spacial score (nSPS) is 15.1. The van der Waals surface area contributed by atoms with Crippen LogP contribution in [0.2, 0.25) is 0 Å². The van der Waals surface area contributed by atoms with Gasteiger partial charge in [0.15, 0.2) is 0 Å². The molecule has 1 aromatic carbocycles. The maximum atomic E-state index is 5.38. The second kappa shape index (κ2) is 13.9. The molecule has 1 aliphatic rings. The highest BCUT2D eigenvalue weighted by molar-refractivity contribution is 5.53. The molecule has 0 unspecified atom stereocenters. The molecule has 1 saturated heterocycles. The van der Waals surface area contributed by atoms with Crippen molar-refractivity contribution in [1.29, 1.82) is 0 Å². The standard InChI is InChI=1S/C22H39N3O/c1-2-3-4-5-6-7-8-14-23-21-10-12-22(13-11-21)24-15-9-16-25-17-19-26-20-18-25/h10-13,23-24H,2-9,14-20H2,1H3. The smallest absolute Gasteiger partial charge is 0.0594 e. The summed E-state index contributed by atoms with van der Waals surface area (Å²) in [6, 6.07) is 8.74. The van der Waals surface area contributed by atoms with Crippen molar-refractivity contribution in [3.8, 4) is 0 Å². The highest BCUT2D eigenvalue weighted by Gasteiger charge is 2.08. The lowest BCUT2D eigenvalue weighted by Crippen LogP contribution is -2.37. The van der Waals surface area contributed by atoms with Crippen LogP contribution in [0.5, 0.6) is 0 Å². The van der Waals surface area contributed by atoms with Crippen LogP contribution in [0, 0.1) is 0 Å². The Morgan fingerprint density at radius 2 is 1.31 bits per heavy atom. The van der Waals surface area contributed by atoms with E-state index in [9.17, 15) is 0 Å². The molecule has 1 heterocycles. The number of anilines is 2. The number of hydrogen-bond donors (Lipinski definition) is 2. The van der Waals surface area contributed by atoms with Gasteiger partial charge in [0.2, 0.25) is 0 Å². The molecule has 0 atom stereocenters. The second-order valence-electron chi connectivity index (χ2n) is 7.36. The quantitative estimate of drug-likeness (QED) is 0.458. The number of ether oxygens (including phenoxy) is 1. The first-order valence-corrected chi connectivity index (χ1v) is 10.8. The minimum atomic E-state index is 0.890. The lowest BCUT2D eigenvalue weighted by atomic mass is 10.1. The van der Waals surface area contributed by atoms with Gasteiger partial charge in [-0.1, -0.05) is 45.4 Å². The van der Waals surface area contributed by atoms with Crippen molar-refractivity contribution in [2.75, 3.05) is 56.6 Å². The molecule has 1 aliphatic heterocycles. The Bertz CT molecular complexity index is 443. The number of rotatable bonds is 14. The van der Waals surface area contributed by atoms with E-state index >= 15 is 0 Å². The second-order valence-corrected chi connectivity index (χ2v) is 7.36. The first kappa shape index (κ1) is 21.0. The van der Waals surface area contributed by atoms with Gasteiger partial charge in [0.25, 0.3) is 0 Å². The zero-order valence-corrected chi connectivity index (χ0v) is 16.8. The lowest BCUT2D eigenvalue weighted by molar-refractivity contribution is 0.0378. The topological polar surface area (TPSA) is 36.5 Å². The van der Waals surface area contributed by atoms with E-state index in [4.69, 9.17) is 4.74 Å². The summed E-state index contributed by atoms with van der Waals surface area (Å²) in [5.41, 5.74) is 2.45. The molecule has 2 rings (SSSR count). The van der Waals surface area contributed by atoms with E-state index < -0.39 is 0 Å². The molecule has 1 fully saturated rings. The van der Waals surface area contributed by atoms with Crippen molar-refractivity contribution in [3.05, 3.63) is 24.3 Å². The monoisotopic (exact) mass is 361 g/mol. The molecule has 1 aromatic rings. The molecule has 4 heteroatoms. The molecule has 0 aromatic heterocycles. The SMILES string of the molecule is CCCCCCCCCNc1ccc(NCCCN2CCOCC2)cc1. The Kier molecular flexibility index (Phi) is 11.2. The van der Waals surface area contributed by atoms with Crippen molar-refractivity contribution in [1.82, 2.24) is 4.90 Å². The van der Waals surface area contributed by atoms with Crippen LogP contribution in [0.1, 0.15) is 58.3 Å². The molecular weight excluding hydrogens is 322 g/mol. The van der Waals surface area contributed by atoms with E-state index in [1.165, 1.54) is 62.7 Å². The van der Waals surface area contributed by atoms with Crippen molar-refractivity contribution >= 4 is 11.4 Å². The van der Waals surface area contributed by atoms with Gasteiger partial charge in [0, 0.05) is 37.6 Å². The highest BCUT2D eigenvalue weighted by atomic mass is 16.5. The van der Waals surface area contributed by atoms with Crippen LogP contribution in [-0.2, 0) is 4.74 Å². The molecule has 2 N–H and O–H groups in total. The summed E-state index contributed by atoms with van der Waals surface area (Å²) in [5.74, 6) is 0. The van der Waals surface area contributed by atoms with Gasteiger partial charge in [-0.2, -0.15) is 0 Å². The first-order chi connectivity index (χ1) is 12.9. The lowest BCUT2D eigenvalue weighted by Gasteiger charge is -2.26. The van der Waals surface area contributed by atoms with Crippen LogP contribution in [0.4, 0.5) is 11.4 Å². The number of nitrogens with one attached hydrogen (secondary N) is 2. The molecule has 0 spiro atoms. The van der Waals surface area contributed by atoms with Crippen LogP contribution in [-0.4, -0.2) is 50.8 Å². The summed E-state index contributed by atoms with van der Waals surface area (Å²) in [6.07, 6.45) is 10.7. The van der Waals surface area contributed by atoms with E-state index in [2.05, 4.69) is 46.7 Å². The van der Waals surface area contributed by atoms with Crippen LogP contribution >= 0.6 is 0 Å². The molecule has 0 aliphatic carbocycles. The molecule has 148 valence electrons. The van der Waals surface area contributed by atoms with Crippen LogP contribution < -0.4 is 10.6 Å². The maximum absolute atomic E-state index is 5.38. The summed E-state index contributed by atoms with van der Waals surface area (Å²) in [6.45, 7) is 9.49. The van der Waals surface area contributed by atoms with E-state index in [0.717, 1.165) is 45.9 Å². The Morgan fingerprint density at radius 1 is 0.769 bits per heavy atom. The average Bonchev–Trinajstić information content (AvgIpc) is 2.69. The summed E-state index contributed by atoms with van der Waals surface area (Å²) >= 11 is 0. The first-order valence-electron chi connectivity index (χ1n) is 10.8. The Balaban J connectivity index is 1.48. The fraction of sp³-hybridized carbons (Fsp3) is 0.727. The Hall–Kier alpha value is -1.26. The average molecular weight is 362 g/mol. The summed E-state index contributed by atoms with van der Waals surface area (Å²) < 4.78 is 5.38. The molecular formula is C22H39N3O. The number of hydrogen-bond acceptors (Lipinski definition) is 4. The minimum Gasteiger partial charge on any atom is -0.385 e. The van der Waals surface area contributed by atoms with E-state index in [0.29, 0.717) is 0 Å². The summed E-state index contributed by atoms with van der Waals surface area (Å²) in [4.78, 5) is 2.49. The largest absolute Gasteiger partial charge is 0.385 e. The molecule has 0 bridgehead atoms. The Morgan fingerprint density at radius 3 is 1.92 bits per heavy atom. The van der Waals surface area contributed by atoms with Crippen LogP contribution in [0.3, 0.4) is 0 Å². The molecule has 0 radical (unpaired) electrons. The van der Waals surface area contributed by atoms with Gasteiger partial charge in [-0.25, -0.2) is 0 Å². The zero-order valence-electron chi connectivity index (χ0n) is 16.8. The molecule has 0 saturated carbocycles. The third-order valence-corrected chi connectivity index (χ3v) is 5.08. The van der Waals surface area contributed by atoms with Crippen molar-refractivity contribution in [2.45, 2.75) is 58.3 Å².